The lowest BCUT2D eigenvalue weighted by molar-refractivity contribution is 0.111. The fourth-order valence-electron chi connectivity index (χ4n) is 2.42. The van der Waals surface area contributed by atoms with E-state index in [9.17, 15) is 4.79 Å². The second-order valence-electron chi connectivity index (χ2n) is 5.38. The first-order chi connectivity index (χ1) is 10.0. The van der Waals surface area contributed by atoms with E-state index in [4.69, 9.17) is 4.74 Å². The maximum Gasteiger partial charge on any atom is 0.154 e. The number of aldehydes is 1. The van der Waals surface area contributed by atoms with Crippen LogP contribution < -0.4 is 4.74 Å². The smallest absolute Gasteiger partial charge is 0.154 e. The molecule has 0 N–H and O–H groups in total. The van der Waals surface area contributed by atoms with Crippen molar-refractivity contribution >= 4 is 22.2 Å². The normalized spacial score (nSPS) is 10.7. The third-order valence-electron chi connectivity index (χ3n) is 3.41. The molecule has 0 amide bonds. The van der Waals surface area contributed by atoms with Crippen molar-refractivity contribution in [2.45, 2.75) is 33.3 Å². The van der Waals surface area contributed by atoms with E-state index in [2.05, 4.69) is 29.8 Å². The molecule has 110 valence electrons. The maximum absolute atomic E-state index is 11.6. The Balaban J connectivity index is 2.38. The van der Waals surface area contributed by atoms with Gasteiger partial charge in [0.05, 0.1) is 5.56 Å². The molecule has 2 rings (SSSR count). The molecular formula is C18H19BrO2. The molecule has 21 heavy (non-hydrogen) atoms. The van der Waals surface area contributed by atoms with Gasteiger partial charge in [-0.2, -0.15) is 0 Å². The van der Waals surface area contributed by atoms with Crippen LogP contribution in [-0.4, -0.2) is 6.29 Å². The van der Waals surface area contributed by atoms with Gasteiger partial charge in [0, 0.05) is 4.47 Å². The van der Waals surface area contributed by atoms with Crippen LogP contribution in [0.4, 0.5) is 0 Å². The van der Waals surface area contributed by atoms with Crippen LogP contribution in [0.2, 0.25) is 0 Å². The minimum absolute atomic E-state index is 0.249. The predicted octanol–water partition coefficient (Wildman–Crippen LogP) is 5.27. The first-order valence-electron chi connectivity index (χ1n) is 6.99. The Labute approximate surface area is 134 Å². The summed E-state index contributed by atoms with van der Waals surface area (Å²) in [4.78, 5) is 11.6. The van der Waals surface area contributed by atoms with E-state index in [0.29, 0.717) is 17.9 Å². The molecule has 0 aliphatic heterocycles. The molecule has 0 atom stereocenters. The highest BCUT2D eigenvalue weighted by molar-refractivity contribution is 9.10. The SMILES string of the molecule is Cc1cc(Br)c(C(C)C)c(C=O)c1OCc1ccccc1. The van der Waals surface area contributed by atoms with Gasteiger partial charge < -0.3 is 4.74 Å². The Bertz CT molecular complexity index is 633. The fourth-order valence-corrected chi connectivity index (χ4v) is 3.44. The zero-order valence-electron chi connectivity index (χ0n) is 12.5. The first-order valence-corrected chi connectivity index (χ1v) is 7.78. The second-order valence-corrected chi connectivity index (χ2v) is 6.23. The number of hydrogen-bond donors (Lipinski definition) is 0. The van der Waals surface area contributed by atoms with Gasteiger partial charge in [-0.15, -0.1) is 0 Å². The average molecular weight is 347 g/mol. The standard InChI is InChI=1S/C18H19BrO2/c1-12(2)17-15(10-20)18(13(3)9-16(17)19)21-11-14-7-5-4-6-8-14/h4-10,12H,11H2,1-3H3. The van der Waals surface area contributed by atoms with E-state index in [-0.39, 0.29) is 5.92 Å². The van der Waals surface area contributed by atoms with Crippen LogP contribution in [0.25, 0.3) is 0 Å². The van der Waals surface area contributed by atoms with Crippen LogP contribution in [0.5, 0.6) is 5.75 Å². The Hall–Kier alpha value is -1.61. The molecule has 0 heterocycles. The van der Waals surface area contributed by atoms with Gasteiger partial charge >= 0.3 is 0 Å². The van der Waals surface area contributed by atoms with Crippen molar-refractivity contribution in [1.29, 1.82) is 0 Å². The molecule has 0 saturated heterocycles. The summed E-state index contributed by atoms with van der Waals surface area (Å²) in [6, 6.07) is 12.0. The summed E-state index contributed by atoms with van der Waals surface area (Å²) in [5.41, 5.74) is 3.69. The van der Waals surface area contributed by atoms with Gasteiger partial charge in [-0.1, -0.05) is 60.1 Å². The van der Waals surface area contributed by atoms with Crippen molar-refractivity contribution in [2.24, 2.45) is 0 Å². The molecule has 0 saturated carbocycles. The van der Waals surface area contributed by atoms with Crippen molar-refractivity contribution in [2.75, 3.05) is 0 Å². The molecule has 0 radical (unpaired) electrons. The van der Waals surface area contributed by atoms with Gasteiger partial charge in [-0.3, -0.25) is 4.79 Å². The molecule has 3 heteroatoms. The highest BCUT2D eigenvalue weighted by Gasteiger charge is 2.18. The number of rotatable bonds is 5. The van der Waals surface area contributed by atoms with Crippen LogP contribution in [0.3, 0.4) is 0 Å². The molecule has 2 nitrogen and oxygen atoms in total. The van der Waals surface area contributed by atoms with Crippen LogP contribution in [0.15, 0.2) is 40.9 Å². The molecule has 0 aliphatic carbocycles. The zero-order chi connectivity index (χ0) is 15.4. The number of benzene rings is 2. The molecule has 0 fully saturated rings. The van der Waals surface area contributed by atoms with Gasteiger partial charge in [-0.05, 0) is 35.6 Å². The topological polar surface area (TPSA) is 26.3 Å². The molecule has 0 aliphatic rings. The van der Waals surface area contributed by atoms with Gasteiger partial charge in [0.25, 0.3) is 0 Å². The summed E-state index contributed by atoms with van der Waals surface area (Å²) in [6.07, 6.45) is 0.896. The van der Waals surface area contributed by atoms with E-state index >= 15 is 0 Å². The number of carbonyl (C=O) groups is 1. The van der Waals surface area contributed by atoms with Gasteiger partial charge in [0.1, 0.15) is 12.4 Å². The highest BCUT2D eigenvalue weighted by Crippen LogP contribution is 2.36. The monoisotopic (exact) mass is 346 g/mol. The molecule has 0 spiro atoms. The molecule has 0 unspecified atom stereocenters. The van der Waals surface area contributed by atoms with Crippen LogP contribution in [-0.2, 0) is 6.61 Å². The average Bonchev–Trinajstić information content (AvgIpc) is 2.46. The lowest BCUT2D eigenvalue weighted by Gasteiger charge is -2.18. The molecule has 0 aromatic heterocycles. The van der Waals surface area contributed by atoms with Gasteiger partial charge in [0.15, 0.2) is 6.29 Å². The van der Waals surface area contributed by atoms with Gasteiger partial charge in [-0.25, -0.2) is 0 Å². The number of ether oxygens (including phenoxy) is 1. The molecule has 2 aromatic rings. The lowest BCUT2D eigenvalue weighted by Crippen LogP contribution is -2.05. The Morgan fingerprint density at radius 2 is 1.90 bits per heavy atom. The van der Waals surface area contributed by atoms with E-state index in [1.54, 1.807) is 0 Å². The summed E-state index contributed by atoms with van der Waals surface area (Å²) in [7, 11) is 0. The summed E-state index contributed by atoms with van der Waals surface area (Å²) in [5, 5.41) is 0. The zero-order valence-corrected chi connectivity index (χ0v) is 14.1. The van der Waals surface area contributed by atoms with E-state index in [1.165, 1.54) is 0 Å². The minimum Gasteiger partial charge on any atom is -0.488 e. The van der Waals surface area contributed by atoms with E-state index in [0.717, 1.165) is 27.4 Å². The number of halogens is 1. The number of aryl methyl sites for hydroxylation is 1. The minimum atomic E-state index is 0.249. The molecule has 0 bridgehead atoms. The van der Waals surface area contributed by atoms with Crippen LogP contribution in [0.1, 0.15) is 46.8 Å². The van der Waals surface area contributed by atoms with Crippen LogP contribution >= 0.6 is 15.9 Å². The predicted molar refractivity (Wildman–Crippen MR) is 89.1 cm³/mol. The lowest BCUT2D eigenvalue weighted by atomic mass is 9.95. The number of hydrogen-bond acceptors (Lipinski definition) is 2. The van der Waals surface area contributed by atoms with Crippen molar-refractivity contribution in [3.8, 4) is 5.75 Å². The highest BCUT2D eigenvalue weighted by atomic mass is 79.9. The summed E-state index contributed by atoms with van der Waals surface area (Å²) >= 11 is 3.56. The quantitative estimate of drug-likeness (QED) is 0.689. The van der Waals surface area contributed by atoms with Crippen LogP contribution in [0, 0.1) is 6.92 Å². The van der Waals surface area contributed by atoms with Gasteiger partial charge in [0.2, 0.25) is 0 Å². The number of carbonyl (C=O) groups excluding carboxylic acids is 1. The van der Waals surface area contributed by atoms with Crippen molar-refractivity contribution < 1.29 is 9.53 Å². The molecular weight excluding hydrogens is 328 g/mol. The summed E-state index contributed by atoms with van der Waals surface area (Å²) in [5.74, 6) is 0.931. The third kappa shape index (κ3) is 3.53. The second kappa shape index (κ2) is 6.90. The van der Waals surface area contributed by atoms with Crippen molar-refractivity contribution in [1.82, 2.24) is 0 Å². The van der Waals surface area contributed by atoms with Crippen molar-refractivity contribution in [3.63, 3.8) is 0 Å². The Kier molecular flexibility index (Phi) is 5.18. The van der Waals surface area contributed by atoms with Crippen molar-refractivity contribution in [3.05, 3.63) is 63.1 Å². The van der Waals surface area contributed by atoms with E-state index in [1.807, 2.05) is 43.3 Å². The summed E-state index contributed by atoms with van der Waals surface area (Å²) < 4.78 is 6.90. The third-order valence-corrected chi connectivity index (χ3v) is 4.07. The Morgan fingerprint density at radius 3 is 2.48 bits per heavy atom. The largest absolute Gasteiger partial charge is 0.488 e. The molecule has 2 aromatic carbocycles. The fraction of sp³-hybridized carbons (Fsp3) is 0.278. The Morgan fingerprint density at radius 1 is 1.24 bits per heavy atom. The first kappa shape index (κ1) is 15.8. The summed E-state index contributed by atoms with van der Waals surface area (Å²) in [6.45, 7) is 6.57. The maximum atomic E-state index is 11.6. The van der Waals surface area contributed by atoms with E-state index < -0.39 is 0 Å².